The second kappa shape index (κ2) is 3.98. The number of carbonyl (C=O) groups excluding carboxylic acids is 2. The number of fused-ring (bicyclic) bond motifs is 1. The first-order valence-corrected chi connectivity index (χ1v) is 5.92. The molecule has 1 unspecified atom stereocenters. The van der Waals surface area contributed by atoms with Crippen LogP contribution in [0.1, 0.15) is 22.3 Å². The Bertz CT molecular complexity index is 550. The summed E-state index contributed by atoms with van der Waals surface area (Å²) in [7, 11) is 0. The van der Waals surface area contributed by atoms with Crippen molar-refractivity contribution in [2.75, 3.05) is 11.4 Å². The van der Waals surface area contributed by atoms with Gasteiger partial charge in [-0.3, -0.25) is 4.79 Å². The second-order valence-corrected chi connectivity index (χ2v) is 4.58. The van der Waals surface area contributed by atoms with Crippen molar-refractivity contribution in [1.82, 2.24) is 0 Å². The lowest BCUT2D eigenvalue weighted by atomic mass is 10.1. The van der Waals surface area contributed by atoms with Gasteiger partial charge in [0.15, 0.2) is 0 Å². The largest absolute Gasteiger partial charge is 0.457 e. The zero-order valence-corrected chi connectivity index (χ0v) is 9.89. The van der Waals surface area contributed by atoms with Gasteiger partial charge in [0, 0.05) is 24.4 Å². The second-order valence-electron chi connectivity index (χ2n) is 4.58. The molecule has 2 aliphatic heterocycles. The Balaban J connectivity index is 2.01. The number of hydrogen-bond acceptors (Lipinski definition) is 3. The minimum Gasteiger partial charge on any atom is -0.457 e. The number of anilines is 1. The van der Waals surface area contributed by atoms with Gasteiger partial charge in [0.2, 0.25) is 5.91 Å². The molecule has 0 N–H and O–H groups in total. The Labute approximate surface area is 105 Å². The monoisotopic (exact) mass is 243 g/mol. The van der Waals surface area contributed by atoms with Crippen LogP contribution in [0.2, 0.25) is 0 Å². The van der Waals surface area contributed by atoms with Crippen LogP contribution in [0.25, 0.3) is 0 Å². The first kappa shape index (κ1) is 11.0. The maximum absolute atomic E-state index is 12.0. The number of esters is 1. The van der Waals surface area contributed by atoms with Crippen LogP contribution < -0.4 is 4.90 Å². The van der Waals surface area contributed by atoms with Crippen LogP contribution >= 0.6 is 0 Å². The summed E-state index contributed by atoms with van der Waals surface area (Å²) >= 11 is 0. The average Bonchev–Trinajstić information content (AvgIpc) is 2.93. The van der Waals surface area contributed by atoms with Gasteiger partial charge in [-0.25, -0.2) is 4.79 Å². The number of benzene rings is 1. The predicted octanol–water partition coefficient (Wildman–Crippen LogP) is 1.90. The fourth-order valence-electron chi connectivity index (χ4n) is 2.51. The molecule has 18 heavy (non-hydrogen) atoms. The number of carbonyl (C=O) groups is 2. The summed E-state index contributed by atoms with van der Waals surface area (Å²) in [5, 5.41) is 0. The zero-order valence-electron chi connectivity index (χ0n) is 9.89. The quantitative estimate of drug-likeness (QED) is 0.588. The molecule has 1 aromatic carbocycles. The molecule has 0 aromatic heterocycles. The lowest BCUT2D eigenvalue weighted by Crippen LogP contribution is -2.25. The zero-order chi connectivity index (χ0) is 12.7. The molecule has 0 aliphatic carbocycles. The summed E-state index contributed by atoms with van der Waals surface area (Å²) < 4.78 is 5.01. The standard InChI is InChI=1S/C14H13NO3/c1-2-9-6-13(16)15(7-9)12-5-3-4-10-11(12)8-18-14(10)17/h2-5,9H,1,6-8H2. The number of amides is 1. The number of cyclic esters (lactones) is 1. The van der Waals surface area contributed by atoms with Crippen molar-refractivity contribution in [2.45, 2.75) is 13.0 Å². The fourth-order valence-corrected chi connectivity index (χ4v) is 2.51. The Kier molecular flexibility index (Phi) is 2.44. The van der Waals surface area contributed by atoms with Crippen molar-refractivity contribution < 1.29 is 14.3 Å². The van der Waals surface area contributed by atoms with E-state index in [1.807, 2.05) is 12.1 Å². The number of rotatable bonds is 2. The first-order chi connectivity index (χ1) is 8.70. The van der Waals surface area contributed by atoms with Gasteiger partial charge in [-0.05, 0) is 12.1 Å². The average molecular weight is 243 g/mol. The molecule has 3 rings (SSSR count). The SMILES string of the molecule is C=CC1CC(=O)N(c2cccc3c2COC3=O)C1. The number of nitrogens with zero attached hydrogens (tertiary/aromatic N) is 1. The molecule has 1 fully saturated rings. The van der Waals surface area contributed by atoms with Gasteiger partial charge in [-0.1, -0.05) is 12.1 Å². The van der Waals surface area contributed by atoms with Crippen LogP contribution in [0.3, 0.4) is 0 Å². The molecule has 2 heterocycles. The summed E-state index contributed by atoms with van der Waals surface area (Å²) in [6.07, 6.45) is 2.30. The molecule has 92 valence electrons. The van der Waals surface area contributed by atoms with E-state index in [2.05, 4.69) is 6.58 Å². The lowest BCUT2D eigenvalue weighted by molar-refractivity contribution is -0.117. The van der Waals surface area contributed by atoms with Gasteiger partial charge in [-0.15, -0.1) is 6.58 Å². The van der Waals surface area contributed by atoms with Gasteiger partial charge < -0.3 is 9.64 Å². The van der Waals surface area contributed by atoms with Crippen molar-refractivity contribution in [3.8, 4) is 0 Å². The van der Waals surface area contributed by atoms with Gasteiger partial charge in [0.05, 0.1) is 11.3 Å². The number of hydrogen-bond donors (Lipinski definition) is 0. The summed E-state index contributed by atoms with van der Waals surface area (Å²) in [5.41, 5.74) is 2.19. The summed E-state index contributed by atoms with van der Waals surface area (Å²) in [6, 6.07) is 5.39. The van der Waals surface area contributed by atoms with E-state index in [4.69, 9.17) is 4.74 Å². The Morgan fingerprint density at radius 2 is 2.22 bits per heavy atom. The molecule has 1 atom stereocenters. The maximum Gasteiger partial charge on any atom is 0.338 e. The van der Waals surface area contributed by atoms with Crippen LogP contribution in [0, 0.1) is 5.92 Å². The molecule has 0 saturated carbocycles. The third-order valence-corrected chi connectivity index (χ3v) is 3.50. The van der Waals surface area contributed by atoms with Crippen molar-refractivity contribution in [3.05, 3.63) is 42.0 Å². The third kappa shape index (κ3) is 1.53. The highest BCUT2D eigenvalue weighted by Gasteiger charge is 2.33. The predicted molar refractivity (Wildman–Crippen MR) is 66.2 cm³/mol. The molecule has 0 radical (unpaired) electrons. The highest BCUT2D eigenvalue weighted by atomic mass is 16.5. The van der Waals surface area contributed by atoms with Crippen molar-refractivity contribution in [1.29, 1.82) is 0 Å². The van der Waals surface area contributed by atoms with Gasteiger partial charge >= 0.3 is 5.97 Å². The molecular weight excluding hydrogens is 230 g/mol. The Morgan fingerprint density at radius 3 is 2.94 bits per heavy atom. The number of ether oxygens (including phenoxy) is 1. The maximum atomic E-state index is 12.0. The van der Waals surface area contributed by atoms with Gasteiger partial charge in [-0.2, -0.15) is 0 Å². The third-order valence-electron chi connectivity index (χ3n) is 3.50. The van der Waals surface area contributed by atoms with Crippen molar-refractivity contribution in [3.63, 3.8) is 0 Å². The topological polar surface area (TPSA) is 46.6 Å². The first-order valence-electron chi connectivity index (χ1n) is 5.92. The molecule has 4 nitrogen and oxygen atoms in total. The fraction of sp³-hybridized carbons (Fsp3) is 0.286. The van der Waals surface area contributed by atoms with E-state index >= 15 is 0 Å². The van der Waals surface area contributed by atoms with E-state index in [1.165, 1.54) is 0 Å². The minimum atomic E-state index is -0.307. The van der Waals surface area contributed by atoms with Gasteiger partial charge in [0.25, 0.3) is 0 Å². The minimum absolute atomic E-state index is 0.0765. The smallest absolute Gasteiger partial charge is 0.338 e. The molecule has 2 aliphatic rings. The molecule has 1 saturated heterocycles. The Morgan fingerprint density at radius 1 is 1.39 bits per heavy atom. The van der Waals surface area contributed by atoms with Crippen LogP contribution in [-0.4, -0.2) is 18.4 Å². The molecule has 0 bridgehead atoms. The van der Waals surface area contributed by atoms with E-state index in [9.17, 15) is 9.59 Å². The van der Waals surface area contributed by atoms with Crippen LogP contribution in [0.5, 0.6) is 0 Å². The van der Waals surface area contributed by atoms with E-state index in [0.29, 0.717) is 18.5 Å². The summed E-state index contributed by atoms with van der Waals surface area (Å²) in [4.78, 5) is 25.2. The summed E-state index contributed by atoms with van der Waals surface area (Å²) in [5.74, 6) is -0.0437. The highest BCUT2D eigenvalue weighted by Crippen LogP contribution is 2.33. The van der Waals surface area contributed by atoms with Crippen LogP contribution in [0.15, 0.2) is 30.9 Å². The Hall–Kier alpha value is -2.10. The van der Waals surface area contributed by atoms with Crippen molar-refractivity contribution >= 4 is 17.6 Å². The normalized spacial score (nSPS) is 22.0. The van der Waals surface area contributed by atoms with Crippen LogP contribution in [0.4, 0.5) is 5.69 Å². The van der Waals surface area contributed by atoms with Gasteiger partial charge in [0.1, 0.15) is 6.61 Å². The molecule has 1 aromatic rings. The molecule has 0 spiro atoms. The molecule has 1 amide bonds. The van der Waals surface area contributed by atoms with Crippen LogP contribution in [-0.2, 0) is 16.1 Å². The van der Waals surface area contributed by atoms with E-state index < -0.39 is 0 Å². The van der Waals surface area contributed by atoms with Crippen molar-refractivity contribution in [2.24, 2.45) is 5.92 Å². The summed E-state index contributed by atoms with van der Waals surface area (Å²) in [6.45, 7) is 4.62. The lowest BCUT2D eigenvalue weighted by Gasteiger charge is -2.18. The molecular formula is C14H13NO3. The molecule has 4 heteroatoms. The van der Waals surface area contributed by atoms with E-state index in [-0.39, 0.29) is 24.4 Å². The van der Waals surface area contributed by atoms with E-state index in [1.54, 1.807) is 17.0 Å². The van der Waals surface area contributed by atoms with E-state index in [0.717, 1.165) is 11.3 Å². The highest BCUT2D eigenvalue weighted by molar-refractivity contribution is 6.01.